The molecule has 0 unspecified atom stereocenters. The Morgan fingerprint density at radius 1 is 1.22 bits per heavy atom. The molecule has 9 heavy (non-hydrogen) atoms. The SMILES string of the molecule is CC(C)NCSC(C)C. The monoisotopic (exact) mass is 147 g/mol. The molecule has 0 radical (unpaired) electrons. The molecule has 0 aromatic carbocycles. The second-order valence-corrected chi connectivity index (χ2v) is 4.28. The smallest absolute Gasteiger partial charge is 0.0422 e. The summed E-state index contributed by atoms with van der Waals surface area (Å²) in [5.74, 6) is 1.08. The van der Waals surface area contributed by atoms with Crippen LogP contribution in [-0.4, -0.2) is 17.2 Å². The molecule has 0 aliphatic rings. The molecular formula is C7H17NS. The summed E-state index contributed by atoms with van der Waals surface area (Å²) in [6, 6.07) is 0.622. The molecule has 0 amide bonds. The molecule has 0 aromatic rings. The van der Waals surface area contributed by atoms with Gasteiger partial charge in [-0.25, -0.2) is 0 Å². The summed E-state index contributed by atoms with van der Waals surface area (Å²) in [6.45, 7) is 8.76. The molecule has 1 nitrogen and oxygen atoms in total. The highest BCUT2D eigenvalue weighted by Gasteiger charge is 1.93. The Morgan fingerprint density at radius 3 is 2.11 bits per heavy atom. The fourth-order valence-electron chi connectivity index (χ4n) is 0.381. The fourth-order valence-corrected chi connectivity index (χ4v) is 1.14. The molecule has 1 N–H and O–H groups in total. The summed E-state index contributed by atoms with van der Waals surface area (Å²) < 4.78 is 0. The van der Waals surface area contributed by atoms with Gasteiger partial charge in [-0.05, 0) is 0 Å². The first-order valence-electron chi connectivity index (χ1n) is 3.48. The molecule has 0 spiro atoms. The molecule has 0 saturated heterocycles. The van der Waals surface area contributed by atoms with E-state index < -0.39 is 0 Å². The largest absolute Gasteiger partial charge is 0.306 e. The normalized spacial score (nSPS) is 11.3. The first-order chi connectivity index (χ1) is 4.13. The van der Waals surface area contributed by atoms with E-state index in [4.69, 9.17) is 0 Å². The van der Waals surface area contributed by atoms with E-state index in [9.17, 15) is 0 Å². The van der Waals surface area contributed by atoms with Crippen molar-refractivity contribution in [2.24, 2.45) is 0 Å². The van der Waals surface area contributed by atoms with Gasteiger partial charge in [0.15, 0.2) is 0 Å². The van der Waals surface area contributed by atoms with E-state index in [-0.39, 0.29) is 0 Å². The van der Waals surface area contributed by atoms with Gasteiger partial charge in [-0.3, -0.25) is 0 Å². The maximum absolute atomic E-state index is 3.34. The van der Waals surface area contributed by atoms with Crippen molar-refractivity contribution in [3.05, 3.63) is 0 Å². The van der Waals surface area contributed by atoms with Crippen LogP contribution in [-0.2, 0) is 0 Å². The zero-order valence-electron chi connectivity index (χ0n) is 6.77. The van der Waals surface area contributed by atoms with Gasteiger partial charge in [0.25, 0.3) is 0 Å². The van der Waals surface area contributed by atoms with Crippen LogP contribution in [0, 0.1) is 0 Å². The van der Waals surface area contributed by atoms with Crippen LogP contribution in [0.3, 0.4) is 0 Å². The summed E-state index contributed by atoms with van der Waals surface area (Å²) in [5.41, 5.74) is 0. The van der Waals surface area contributed by atoms with Crippen molar-refractivity contribution < 1.29 is 0 Å². The maximum atomic E-state index is 3.34. The van der Waals surface area contributed by atoms with Gasteiger partial charge in [-0.1, -0.05) is 27.7 Å². The summed E-state index contributed by atoms with van der Waals surface area (Å²) in [4.78, 5) is 0. The predicted molar refractivity (Wildman–Crippen MR) is 45.9 cm³/mol. The van der Waals surface area contributed by atoms with Crippen LogP contribution in [0.25, 0.3) is 0 Å². The quantitative estimate of drug-likeness (QED) is 0.611. The van der Waals surface area contributed by atoms with E-state index in [0.717, 1.165) is 11.1 Å². The molecule has 0 aromatic heterocycles. The molecule has 0 saturated carbocycles. The van der Waals surface area contributed by atoms with Gasteiger partial charge in [0.2, 0.25) is 0 Å². The summed E-state index contributed by atoms with van der Waals surface area (Å²) >= 11 is 1.95. The Balaban J connectivity index is 2.91. The van der Waals surface area contributed by atoms with Crippen molar-refractivity contribution >= 4 is 11.8 Å². The minimum atomic E-state index is 0.622. The maximum Gasteiger partial charge on any atom is 0.0422 e. The number of hydrogen-bond acceptors (Lipinski definition) is 2. The fraction of sp³-hybridized carbons (Fsp3) is 1.00. The van der Waals surface area contributed by atoms with Crippen LogP contribution in [0.4, 0.5) is 0 Å². The predicted octanol–water partition coefficient (Wildman–Crippen LogP) is 2.08. The van der Waals surface area contributed by atoms with Crippen molar-refractivity contribution in [3.8, 4) is 0 Å². The molecule has 0 rings (SSSR count). The van der Waals surface area contributed by atoms with Crippen molar-refractivity contribution in [3.63, 3.8) is 0 Å². The van der Waals surface area contributed by atoms with Gasteiger partial charge in [0.1, 0.15) is 0 Å². The van der Waals surface area contributed by atoms with E-state index in [1.165, 1.54) is 0 Å². The van der Waals surface area contributed by atoms with E-state index in [1.54, 1.807) is 0 Å². The van der Waals surface area contributed by atoms with Gasteiger partial charge >= 0.3 is 0 Å². The molecule has 0 fully saturated rings. The topological polar surface area (TPSA) is 12.0 Å². The number of hydrogen-bond donors (Lipinski definition) is 1. The minimum Gasteiger partial charge on any atom is -0.306 e. The van der Waals surface area contributed by atoms with Gasteiger partial charge in [0, 0.05) is 17.2 Å². The highest BCUT2D eigenvalue weighted by molar-refractivity contribution is 7.99. The Labute approximate surface area is 62.6 Å². The molecule has 0 aliphatic carbocycles. The zero-order valence-corrected chi connectivity index (χ0v) is 7.59. The molecule has 56 valence electrons. The Hall–Kier alpha value is 0.310. The van der Waals surface area contributed by atoms with Crippen LogP contribution in [0.5, 0.6) is 0 Å². The molecule has 0 heterocycles. The third-order valence-corrected chi connectivity index (χ3v) is 1.91. The highest BCUT2D eigenvalue weighted by atomic mass is 32.2. The first kappa shape index (κ1) is 9.31. The molecule has 2 heteroatoms. The molecular weight excluding hydrogens is 130 g/mol. The summed E-state index contributed by atoms with van der Waals surface area (Å²) in [5, 5.41) is 4.09. The average molecular weight is 147 g/mol. The standard InChI is InChI=1S/C7H17NS/c1-6(2)8-5-9-7(3)4/h6-8H,5H2,1-4H3. The van der Waals surface area contributed by atoms with E-state index in [0.29, 0.717) is 6.04 Å². The third-order valence-electron chi connectivity index (χ3n) is 0.908. The highest BCUT2D eigenvalue weighted by Crippen LogP contribution is 2.06. The van der Waals surface area contributed by atoms with Crippen LogP contribution in [0.2, 0.25) is 0 Å². The van der Waals surface area contributed by atoms with Crippen molar-refractivity contribution in [1.82, 2.24) is 5.32 Å². The number of nitrogens with one attached hydrogen (secondary N) is 1. The van der Waals surface area contributed by atoms with Crippen molar-refractivity contribution in [2.75, 3.05) is 5.88 Å². The van der Waals surface area contributed by atoms with E-state index in [1.807, 2.05) is 11.8 Å². The van der Waals surface area contributed by atoms with Gasteiger partial charge in [-0.2, -0.15) is 0 Å². The minimum absolute atomic E-state index is 0.622. The second kappa shape index (κ2) is 5.12. The summed E-state index contributed by atoms with van der Waals surface area (Å²) in [7, 11) is 0. The Kier molecular flexibility index (Phi) is 5.30. The molecule has 0 bridgehead atoms. The number of rotatable bonds is 4. The van der Waals surface area contributed by atoms with Gasteiger partial charge in [0.05, 0.1) is 0 Å². The molecule has 0 aliphatic heterocycles. The van der Waals surface area contributed by atoms with Crippen LogP contribution < -0.4 is 5.32 Å². The van der Waals surface area contributed by atoms with Crippen LogP contribution >= 0.6 is 11.8 Å². The lowest BCUT2D eigenvalue weighted by molar-refractivity contribution is 0.654. The lowest BCUT2D eigenvalue weighted by Gasteiger charge is -2.08. The van der Waals surface area contributed by atoms with E-state index in [2.05, 4.69) is 33.0 Å². The van der Waals surface area contributed by atoms with Crippen LogP contribution in [0.15, 0.2) is 0 Å². The van der Waals surface area contributed by atoms with E-state index >= 15 is 0 Å². The van der Waals surface area contributed by atoms with Crippen molar-refractivity contribution in [2.45, 2.75) is 39.0 Å². The lowest BCUT2D eigenvalue weighted by atomic mass is 10.4. The zero-order chi connectivity index (χ0) is 7.28. The first-order valence-corrected chi connectivity index (χ1v) is 4.52. The van der Waals surface area contributed by atoms with Crippen molar-refractivity contribution in [1.29, 1.82) is 0 Å². The van der Waals surface area contributed by atoms with Gasteiger partial charge in [-0.15, -0.1) is 11.8 Å². The van der Waals surface area contributed by atoms with Crippen LogP contribution in [0.1, 0.15) is 27.7 Å². The summed E-state index contributed by atoms with van der Waals surface area (Å²) in [6.07, 6.45) is 0. The van der Waals surface area contributed by atoms with Gasteiger partial charge < -0.3 is 5.32 Å². The Bertz CT molecular complexity index is 53.9. The third kappa shape index (κ3) is 8.31. The lowest BCUT2D eigenvalue weighted by Crippen LogP contribution is -2.22. The molecule has 0 atom stereocenters. The number of thioether (sulfide) groups is 1. The average Bonchev–Trinajstić information content (AvgIpc) is 1.63. The Morgan fingerprint density at radius 2 is 1.78 bits per heavy atom. The second-order valence-electron chi connectivity index (χ2n) is 2.72.